The molecule has 1 fully saturated rings. The molecule has 4 aromatic rings. The number of nitro benzene ring substituents is 1. The Labute approximate surface area is 223 Å². The Balaban J connectivity index is 1.41. The smallest absolute Gasteiger partial charge is 0.416 e. The Morgan fingerprint density at radius 1 is 0.897 bits per heavy atom. The number of para-hydroxylation sites is 1. The van der Waals surface area contributed by atoms with Crippen molar-refractivity contribution in [3.63, 3.8) is 0 Å². The number of amides is 2. The Bertz CT molecular complexity index is 1670. The summed E-state index contributed by atoms with van der Waals surface area (Å²) in [5.41, 5.74) is -0.969. The number of halogens is 3. The first kappa shape index (κ1) is 26.0. The number of carbonyl (C=O) groups is 2. The van der Waals surface area contributed by atoms with Crippen molar-refractivity contribution in [1.82, 2.24) is 4.90 Å². The van der Waals surface area contributed by atoms with E-state index in [2.05, 4.69) is 0 Å². The minimum Gasteiger partial charge on any atom is -0.449 e. The monoisotopic (exact) mass is 550 g/mol. The molecule has 7 nitrogen and oxygen atoms in total. The largest absolute Gasteiger partial charge is 0.449 e. The van der Waals surface area contributed by atoms with Gasteiger partial charge in [-0.2, -0.15) is 13.2 Å². The Hall–Kier alpha value is -4.64. The quantitative estimate of drug-likeness (QED) is 0.138. The maximum atomic E-state index is 13.1. The number of rotatable bonds is 6. The maximum absolute atomic E-state index is 13.1. The van der Waals surface area contributed by atoms with Gasteiger partial charge in [0.1, 0.15) is 5.75 Å². The third-order valence-electron chi connectivity index (χ3n) is 5.94. The fourth-order valence-electron chi connectivity index (χ4n) is 4.03. The number of fused-ring (bicyclic) bond motifs is 1. The van der Waals surface area contributed by atoms with Crippen molar-refractivity contribution < 1.29 is 32.4 Å². The molecule has 0 radical (unpaired) electrons. The summed E-state index contributed by atoms with van der Waals surface area (Å²) in [5.74, 6) is -0.867. The van der Waals surface area contributed by atoms with E-state index in [0.29, 0.717) is 17.7 Å². The van der Waals surface area contributed by atoms with Crippen molar-refractivity contribution in [3.05, 3.63) is 117 Å². The van der Waals surface area contributed by atoms with Crippen LogP contribution in [0.4, 0.5) is 23.7 Å². The summed E-state index contributed by atoms with van der Waals surface area (Å²) in [5, 5.41) is 13.0. The van der Waals surface area contributed by atoms with Gasteiger partial charge < -0.3 is 4.74 Å². The average Bonchev–Trinajstić information content (AvgIpc) is 3.16. The first-order valence-electron chi connectivity index (χ1n) is 11.5. The zero-order valence-corrected chi connectivity index (χ0v) is 20.7. The number of hydrogen-bond donors (Lipinski definition) is 0. The van der Waals surface area contributed by atoms with Gasteiger partial charge >= 0.3 is 11.9 Å². The number of benzene rings is 4. The summed E-state index contributed by atoms with van der Waals surface area (Å²) in [4.78, 5) is 37.5. The molecule has 1 heterocycles. The van der Waals surface area contributed by atoms with Gasteiger partial charge in [-0.3, -0.25) is 24.6 Å². The lowest BCUT2D eigenvalue weighted by molar-refractivity contribution is -0.385. The highest BCUT2D eigenvalue weighted by Gasteiger charge is 2.36. The van der Waals surface area contributed by atoms with Gasteiger partial charge in [-0.05, 0) is 58.4 Å². The summed E-state index contributed by atoms with van der Waals surface area (Å²) >= 11 is 0.737. The highest BCUT2D eigenvalue weighted by Crippen LogP contribution is 2.40. The molecule has 11 heteroatoms. The van der Waals surface area contributed by atoms with Crippen LogP contribution >= 0.6 is 11.8 Å². The molecule has 1 saturated heterocycles. The van der Waals surface area contributed by atoms with Crippen LogP contribution in [-0.4, -0.2) is 21.0 Å². The molecule has 0 aliphatic carbocycles. The Kier molecular flexibility index (Phi) is 6.83. The number of nitro groups is 1. The summed E-state index contributed by atoms with van der Waals surface area (Å²) in [6.45, 7) is 0.0722. The fourth-order valence-corrected chi connectivity index (χ4v) is 4.86. The normalized spacial score (nSPS) is 14.8. The molecular weight excluding hydrogens is 533 g/mol. The molecule has 2 amide bonds. The third kappa shape index (κ3) is 5.48. The van der Waals surface area contributed by atoms with E-state index in [1.165, 1.54) is 12.1 Å². The Morgan fingerprint density at radius 3 is 2.36 bits per heavy atom. The second-order valence-electron chi connectivity index (χ2n) is 8.53. The minimum atomic E-state index is -4.77. The van der Waals surface area contributed by atoms with Crippen LogP contribution in [0.3, 0.4) is 0 Å². The molecule has 0 saturated carbocycles. The van der Waals surface area contributed by atoms with Gasteiger partial charge in [-0.1, -0.05) is 54.6 Å². The molecule has 0 spiro atoms. The topological polar surface area (TPSA) is 89.7 Å². The van der Waals surface area contributed by atoms with E-state index >= 15 is 0 Å². The molecule has 196 valence electrons. The zero-order chi connectivity index (χ0) is 27.7. The third-order valence-corrected chi connectivity index (χ3v) is 6.84. The van der Waals surface area contributed by atoms with E-state index in [4.69, 9.17) is 4.74 Å². The molecule has 39 heavy (non-hydrogen) atoms. The number of carbonyl (C=O) groups excluding carboxylic acids is 2. The molecular formula is C28H17F3N2O5S. The predicted octanol–water partition coefficient (Wildman–Crippen LogP) is 7.80. The van der Waals surface area contributed by atoms with E-state index in [9.17, 15) is 32.9 Å². The van der Waals surface area contributed by atoms with Crippen LogP contribution < -0.4 is 4.74 Å². The predicted molar refractivity (Wildman–Crippen MR) is 140 cm³/mol. The molecule has 0 aromatic heterocycles. The fraction of sp³-hybridized carbons (Fsp3) is 0.0714. The van der Waals surface area contributed by atoms with Gasteiger partial charge in [0.15, 0.2) is 0 Å². The van der Waals surface area contributed by atoms with Gasteiger partial charge in [-0.25, -0.2) is 0 Å². The maximum Gasteiger partial charge on any atom is 0.416 e. The van der Waals surface area contributed by atoms with Crippen molar-refractivity contribution in [3.8, 4) is 11.5 Å². The molecule has 1 aliphatic heterocycles. The molecule has 5 rings (SSSR count). The first-order valence-corrected chi connectivity index (χ1v) is 12.3. The zero-order valence-electron chi connectivity index (χ0n) is 19.8. The van der Waals surface area contributed by atoms with Gasteiger partial charge in [0, 0.05) is 11.6 Å². The second-order valence-corrected chi connectivity index (χ2v) is 9.52. The van der Waals surface area contributed by atoms with Crippen LogP contribution in [0.15, 0.2) is 89.8 Å². The number of imide groups is 1. The number of alkyl halides is 3. The van der Waals surface area contributed by atoms with E-state index in [0.717, 1.165) is 39.1 Å². The lowest BCUT2D eigenvalue weighted by Crippen LogP contribution is -2.27. The first-order chi connectivity index (χ1) is 18.6. The van der Waals surface area contributed by atoms with Gasteiger partial charge in [0.25, 0.3) is 11.1 Å². The summed E-state index contributed by atoms with van der Waals surface area (Å²) < 4.78 is 44.8. The molecule has 0 bridgehead atoms. The average molecular weight is 551 g/mol. The number of thioether (sulfide) groups is 1. The van der Waals surface area contributed by atoms with E-state index < -0.39 is 39.2 Å². The van der Waals surface area contributed by atoms with Crippen molar-refractivity contribution in [2.45, 2.75) is 12.7 Å². The van der Waals surface area contributed by atoms with Crippen LogP contribution in [0.2, 0.25) is 0 Å². The molecule has 4 aromatic carbocycles. The van der Waals surface area contributed by atoms with Gasteiger partial charge in [0.05, 0.1) is 21.9 Å². The van der Waals surface area contributed by atoms with Crippen molar-refractivity contribution in [2.24, 2.45) is 0 Å². The highest BCUT2D eigenvalue weighted by atomic mass is 32.2. The van der Waals surface area contributed by atoms with Gasteiger partial charge in [0.2, 0.25) is 5.75 Å². The van der Waals surface area contributed by atoms with Crippen LogP contribution in [-0.2, 0) is 17.5 Å². The number of nitrogens with zero attached hydrogens (tertiary/aromatic N) is 2. The summed E-state index contributed by atoms with van der Waals surface area (Å²) in [6, 6.07) is 21.5. The van der Waals surface area contributed by atoms with E-state index in [1.54, 1.807) is 18.2 Å². The van der Waals surface area contributed by atoms with E-state index in [1.807, 2.05) is 42.5 Å². The molecule has 0 N–H and O–H groups in total. The van der Waals surface area contributed by atoms with Crippen LogP contribution in [0.5, 0.6) is 11.5 Å². The minimum absolute atomic E-state index is 0.0571. The van der Waals surface area contributed by atoms with Crippen molar-refractivity contribution >= 4 is 45.4 Å². The Morgan fingerprint density at radius 2 is 1.62 bits per heavy atom. The van der Waals surface area contributed by atoms with E-state index in [-0.39, 0.29) is 17.2 Å². The summed E-state index contributed by atoms with van der Waals surface area (Å²) in [7, 11) is 0. The van der Waals surface area contributed by atoms with Gasteiger partial charge in [-0.15, -0.1) is 0 Å². The van der Waals surface area contributed by atoms with Crippen molar-refractivity contribution in [2.75, 3.05) is 0 Å². The second kappa shape index (κ2) is 10.3. The van der Waals surface area contributed by atoms with Crippen LogP contribution in [0.25, 0.3) is 16.8 Å². The number of ether oxygens (including phenoxy) is 1. The molecule has 0 unspecified atom stereocenters. The standard InChI is InChI=1S/C28H17F3N2O5S/c29-28(30,31)21-11-12-24(22(15-21)33(36)37)38-23-8-4-3-7-20(23)14-25-26(34)32(27(35)39-25)16-17-9-10-18-5-1-2-6-19(18)13-17/h1-15H,16H2/b25-14-. The lowest BCUT2D eigenvalue weighted by Gasteiger charge is -2.13. The van der Waals surface area contributed by atoms with Crippen molar-refractivity contribution in [1.29, 1.82) is 0 Å². The lowest BCUT2D eigenvalue weighted by atomic mass is 10.1. The van der Waals surface area contributed by atoms with Crippen LogP contribution in [0, 0.1) is 10.1 Å². The summed E-state index contributed by atoms with van der Waals surface area (Å²) in [6.07, 6.45) is -3.35. The molecule has 0 atom stereocenters. The number of hydrogen-bond acceptors (Lipinski definition) is 6. The molecule has 1 aliphatic rings. The SMILES string of the molecule is O=C1S/C(=C\c2ccccc2Oc2ccc(C(F)(F)F)cc2[N+](=O)[O-])C(=O)N1Cc1ccc2ccccc2c1. The highest BCUT2D eigenvalue weighted by molar-refractivity contribution is 8.18. The van der Waals surface area contributed by atoms with Crippen LogP contribution in [0.1, 0.15) is 16.7 Å².